The van der Waals surface area contributed by atoms with Crippen LogP contribution in [-0.4, -0.2) is 34.6 Å². The molecular weight excluding hydrogens is 244 g/mol. The number of aliphatic hydroxyl groups excluding tert-OH is 1. The van der Waals surface area contributed by atoms with Gasteiger partial charge in [-0.2, -0.15) is 0 Å². The summed E-state index contributed by atoms with van der Waals surface area (Å²) in [4.78, 5) is 8.15. The zero-order valence-corrected chi connectivity index (χ0v) is 13.1. The van der Waals surface area contributed by atoms with E-state index in [4.69, 9.17) is 4.98 Å². The molecule has 0 fully saturated rings. The fraction of sp³-hybridized carbons (Fsp3) is 0.786. The van der Waals surface area contributed by atoms with Gasteiger partial charge >= 0.3 is 0 Å². The second-order valence-electron chi connectivity index (χ2n) is 5.56. The maximum Gasteiger partial charge on any atom is 0.0945 e. The lowest BCUT2D eigenvalue weighted by molar-refractivity contribution is 0.282. The Hall–Kier alpha value is -0.450. The van der Waals surface area contributed by atoms with E-state index in [-0.39, 0.29) is 12.0 Å². The fourth-order valence-corrected chi connectivity index (χ4v) is 3.12. The van der Waals surface area contributed by atoms with Crippen molar-refractivity contribution in [2.45, 2.75) is 53.1 Å². The van der Waals surface area contributed by atoms with Crippen LogP contribution in [0, 0.1) is 0 Å². The van der Waals surface area contributed by atoms with E-state index < -0.39 is 0 Å². The molecule has 1 N–H and O–H groups in total. The summed E-state index contributed by atoms with van der Waals surface area (Å²) < 4.78 is 0. The van der Waals surface area contributed by atoms with Gasteiger partial charge in [0.05, 0.1) is 22.2 Å². The van der Waals surface area contributed by atoms with Crippen LogP contribution in [0.4, 0.5) is 0 Å². The van der Waals surface area contributed by atoms with Crippen LogP contribution in [-0.2, 0) is 18.4 Å². The molecule has 1 aromatic heterocycles. The van der Waals surface area contributed by atoms with Crippen LogP contribution in [0.1, 0.15) is 50.2 Å². The third-order valence-corrected chi connectivity index (χ3v) is 4.23. The molecule has 104 valence electrons. The molecule has 3 nitrogen and oxygen atoms in total. The third kappa shape index (κ3) is 4.04. The highest BCUT2D eigenvalue weighted by Gasteiger charge is 2.22. The summed E-state index contributed by atoms with van der Waals surface area (Å²) in [6, 6.07) is 0. The molecule has 0 amide bonds. The lowest BCUT2D eigenvalue weighted by Crippen LogP contribution is -2.25. The van der Waals surface area contributed by atoms with E-state index in [1.165, 1.54) is 0 Å². The van der Waals surface area contributed by atoms with Gasteiger partial charge in [-0.25, -0.2) is 4.98 Å². The fourth-order valence-electron chi connectivity index (χ4n) is 1.99. The third-order valence-electron chi connectivity index (χ3n) is 3.13. The van der Waals surface area contributed by atoms with E-state index in [9.17, 15) is 5.11 Å². The number of rotatable bonds is 6. The van der Waals surface area contributed by atoms with Crippen LogP contribution in [0.5, 0.6) is 0 Å². The van der Waals surface area contributed by atoms with Gasteiger partial charge in [-0.15, -0.1) is 11.3 Å². The van der Waals surface area contributed by atoms with E-state index in [2.05, 4.69) is 39.5 Å². The number of hydrogen-bond acceptors (Lipinski definition) is 4. The van der Waals surface area contributed by atoms with Crippen molar-refractivity contribution in [1.82, 2.24) is 9.88 Å². The molecule has 0 radical (unpaired) electrons. The van der Waals surface area contributed by atoms with Crippen LogP contribution in [0.25, 0.3) is 0 Å². The van der Waals surface area contributed by atoms with Crippen molar-refractivity contribution < 1.29 is 5.11 Å². The van der Waals surface area contributed by atoms with Crippen LogP contribution < -0.4 is 0 Å². The highest BCUT2D eigenvalue weighted by molar-refractivity contribution is 7.11. The maximum absolute atomic E-state index is 9.42. The molecule has 0 atom stereocenters. The van der Waals surface area contributed by atoms with Crippen LogP contribution in [0.3, 0.4) is 0 Å². The van der Waals surface area contributed by atoms with Gasteiger partial charge in [-0.1, -0.05) is 34.6 Å². The van der Waals surface area contributed by atoms with Crippen molar-refractivity contribution >= 4 is 11.3 Å². The van der Waals surface area contributed by atoms with Gasteiger partial charge in [0.15, 0.2) is 0 Å². The van der Waals surface area contributed by atoms with Crippen molar-refractivity contribution in [3.05, 3.63) is 15.6 Å². The van der Waals surface area contributed by atoms with Crippen molar-refractivity contribution in [3.63, 3.8) is 0 Å². The first-order valence-corrected chi connectivity index (χ1v) is 7.56. The summed E-state index contributed by atoms with van der Waals surface area (Å²) in [5, 5.41) is 10.6. The van der Waals surface area contributed by atoms with Gasteiger partial charge in [0, 0.05) is 18.4 Å². The number of aromatic nitrogens is 1. The summed E-state index contributed by atoms with van der Waals surface area (Å²) in [6.07, 6.45) is 0.982. The monoisotopic (exact) mass is 270 g/mol. The summed E-state index contributed by atoms with van der Waals surface area (Å²) in [5.74, 6) is 0. The van der Waals surface area contributed by atoms with Crippen molar-refractivity contribution in [1.29, 1.82) is 0 Å². The zero-order chi connectivity index (χ0) is 13.8. The van der Waals surface area contributed by atoms with Gasteiger partial charge in [0.25, 0.3) is 0 Å². The van der Waals surface area contributed by atoms with Gasteiger partial charge in [0.2, 0.25) is 0 Å². The summed E-state index contributed by atoms with van der Waals surface area (Å²) >= 11 is 1.66. The normalized spacial score (nSPS) is 12.4. The number of aliphatic hydroxyl groups is 1. The van der Waals surface area contributed by atoms with Crippen LogP contribution in [0.15, 0.2) is 0 Å². The standard InChI is InChI=1S/C14H26N2OS/c1-6-16(7-2)9-8-12-15-13(14(3,4)5)11(10-17)18-12/h17H,6-10H2,1-5H3. The average Bonchev–Trinajstić information content (AvgIpc) is 2.73. The topological polar surface area (TPSA) is 36.4 Å². The maximum atomic E-state index is 9.42. The molecule has 0 aliphatic heterocycles. The zero-order valence-electron chi connectivity index (χ0n) is 12.3. The Morgan fingerprint density at radius 2 is 1.83 bits per heavy atom. The molecule has 0 saturated heterocycles. The number of thiazole rings is 1. The molecule has 1 aromatic rings. The van der Waals surface area contributed by atoms with Crippen molar-refractivity contribution in [2.75, 3.05) is 19.6 Å². The van der Waals surface area contributed by atoms with Gasteiger partial charge < -0.3 is 10.0 Å². The van der Waals surface area contributed by atoms with Crippen LogP contribution in [0.2, 0.25) is 0 Å². The second kappa shape index (κ2) is 6.64. The molecule has 1 rings (SSSR count). The Morgan fingerprint density at radius 3 is 2.22 bits per heavy atom. The first kappa shape index (κ1) is 15.6. The lowest BCUT2D eigenvalue weighted by Gasteiger charge is -2.17. The smallest absolute Gasteiger partial charge is 0.0945 e. The van der Waals surface area contributed by atoms with E-state index in [1.807, 2.05) is 0 Å². The average molecular weight is 270 g/mol. The minimum Gasteiger partial charge on any atom is -0.391 e. The predicted octanol–water partition coefficient (Wildman–Crippen LogP) is 2.82. The quantitative estimate of drug-likeness (QED) is 0.863. The highest BCUT2D eigenvalue weighted by atomic mass is 32.1. The second-order valence-corrected chi connectivity index (χ2v) is 6.73. The Bertz CT molecular complexity index is 364. The van der Waals surface area contributed by atoms with E-state index in [0.717, 1.165) is 41.6 Å². The Morgan fingerprint density at radius 1 is 1.22 bits per heavy atom. The molecule has 18 heavy (non-hydrogen) atoms. The molecule has 0 aliphatic carbocycles. The predicted molar refractivity (Wildman–Crippen MR) is 78.2 cm³/mol. The highest BCUT2D eigenvalue weighted by Crippen LogP contribution is 2.29. The number of nitrogens with zero attached hydrogens (tertiary/aromatic N) is 2. The largest absolute Gasteiger partial charge is 0.391 e. The lowest BCUT2D eigenvalue weighted by atomic mass is 9.91. The summed E-state index contributed by atoms with van der Waals surface area (Å²) in [5.41, 5.74) is 1.08. The molecule has 0 spiro atoms. The first-order chi connectivity index (χ1) is 8.42. The Labute approximate surface area is 115 Å². The Kier molecular flexibility index (Phi) is 5.76. The molecule has 1 heterocycles. The summed E-state index contributed by atoms with van der Waals surface area (Å²) in [6.45, 7) is 14.1. The van der Waals surface area contributed by atoms with E-state index in [1.54, 1.807) is 11.3 Å². The van der Waals surface area contributed by atoms with Gasteiger partial charge in [-0.05, 0) is 13.1 Å². The molecule has 0 bridgehead atoms. The van der Waals surface area contributed by atoms with Crippen molar-refractivity contribution in [2.24, 2.45) is 0 Å². The SMILES string of the molecule is CCN(CC)CCc1nc(C(C)(C)C)c(CO)s1. The minimum atomic E-state index is 0.0159. The van der Waals surface area contributed by atoms with E-state index in [0.29, 0.717) is 0 Å². The number of likely N-dealkylation sites (N-methyl/N-ethyl adjacent to an activating group) is 1. The molecule has 0 aromatic carbocycles. The Balaban J connectivity index is 2.76. The molecule has 0 saturated carbocycles. The van der Waals surface area contributed by atoms with Gasteiger partial charge in [0.1, 0.15) is 0 Å². The number of hydrogen-bond donors (Lipinski definition) is 1. The molecule has 0 aliphatic rings. The van der Waals surface area contributed by atoms with E-state index >= 15 is 0 Å². The van der Waals surface area contributed by atoms with Crippen LogP contribution >= 0.6 is 11.3 Å². The van der Waals surface area contributed by atoms with Gasteiger partial charge in [-0.3, -0.25) is 0 Å². The summed E-state index contributed by atoms with van der Waals surface area (Å²) in [7, 11) is 0. The molecular formula is C14H26N2OS. The first-order valence-electron chi connectivity index (χ1n) is 6.74. The molecule has 0 unspecified atom stereocenters. The minimum absolute atomic E-state index is 0.0159. The van der Waals surface area contributed by atoms with Crippen molar-refractivity contribution in [3.8, 4) is 0 Å². The molecule has 4 heteroatoms.